The Hall–Kier alpha value is -1.98. The molecule has 0 saturated carbocycles. The van der Waals surface area contributed by atoms with Gasteiger partial charge >= 0.3 is 12.3 Å². The van der Waals surface area contributed by atoms with Gasteiger partial charge in [0.1, 0.15) is 6.10 Å². The summed E-state index contributed by atoms with van der Waals surface area (Å²) < 4.78 is 43.5. The SMILES string of the molecule is C=CC1[C@@H](C(C)C)OC(=O)N1Cc1cccc(C(F)(F)F)c1. The summed E-state index contributed by atoms with van der Waals surface area (Å²) in [5.41, 5.74) is -0.323. The minimum Gasteiger partial charge on any atom is -0.443 e. The van der Waals surface area contributed by atoms with Crippen LogP contribution in [0.25, 0.3) is 0 Å². The van der Waals surface area contributed by atoms with Crippen LogP contribution in [-0.4, -0.2) is 23.1 Å². The topological polar surface area (TPSA) is 29.5 Å². The maximum absolute atomic E-state index is 12.7. The van der Waals surface area contributed by atoms with Crippen LogP contribution >= 0.6 is 0 Å². The van der Waals surface area contributed by atoms with Gasteiger partial charge < -0.3 is 4.74 Å². The number of carbonyl (C=O) groups is 1. The van der Waals surface area contributed by atoms with E-state index in [2.05, 4.69) is 6.58 Å². The Bertz CT molecular complexity index is 569. The first-order valence-corrected chi connectivity index (χ1v) is 7.00. The largest absolute Gasteiger partial charge is 0.443 e. The van der Waals surface area contributed by atoms with E-state index in [0.29, 0.717) is 5.56 Å². The molecule has 0 aromatic heterocycles. The molecule has 3 nitrogen and oxygen atoms in total. The predicted molar refractivity (Wildman–Crippen MR) is 76.1 cm³/mol. The van der Waals surface area contributed by atoms with Crippen LogP contribution in [0.15, 0.2) is 36.9 Å². The summed E-state index contributed by atoms with van der Waals surface area (Å²) in [6.07, 6.45) is -3.67. The number of carbonyl (C=O) groups excluding carboxylic acids is 1. The van der Waals surface area contributed by atoms with Gasteiger partial charge in [-0.2, -0.15) is 13.2 Å². The lowest BCUT2D eigenvalue weighted by Crippen LogP contribution is -2.36. The molecule has 1 aliphatic heterocycles. The third-order valence-electron chi connectivity index (χ3n) is 3.67. The summed E-state index contributed by atoms with van der Waals surface area (Å²) in [5.74, 6) is 0.0958. The van der Waals surface area contributed by atoms with E-state index in [0.717, 1.165) is 12.1 Å². The molecule has 0 aliphatic carbocycles. The van der Waals surface area contributed by atoms with Gasteiger partial charge in [0.05, 0.1) is 11.6 Å². The first-order valence-electron chi connectivity index (χ1n) is 7.00. The molecule has 22 heavy (non-hydrogen) atoms. The minimum absolute atomic E-state index is 0.0582. The van der Waals surface area contributed by atoms with Gasteiger partial charge in [0, 0.05) is 6.54 Å². The van der Waals surface area contributed by atoms with E-state index < -0.39 is 17.8 Å². The predicted octanol–water partition coefficient (Wildman–Crippen LogP) is 4.24. The highest BCUT2D eigenvalue weighted by Crippen LogP contribution is 2.31. The lowest BCUT2D eigenvalue weighted by atomic mass is 9.99. The van der Waals surface area contributed by atoms with Crippen LogP contribution in [0.5, 0.6) is 0 Å². The molecule has 0 N–H and O–H groups in total. The fraction of sp³-hybridized carbons (Fsp3) is 0.438. The quantitative estimate of drug-likeness (QED) is 0.778. The van der Waals surface area contributed by atoms with Crippen LogP contribution in [0.1, 0.15) is 25.0 Å². The van der Waals surface area contributed by atoms with E-state index in [4.69, 9.17) is 4.74 Å². The molecule has 1 saturated heterocycles. The van der Waals surface area contributed by atoms with Crippen molar-refractivity contribution in [2.45, 2.75) is 38.7 Å². The molecule has 2 rings (SSSR count). The van der Waals surface area contributed by atoms with Gasteiger partial charge in [-0.05, 0) is 23.6 Å². The minimum atomic E-state index is -4.40. The molecule has 0 radical (unpaired) electrons. The molecule has 0 bridgehead atoms. The summed E-state index contributed by atoms with van der Waals surface area (Å²) in [5, 5.41) is 0. The molecule has 6 heteroatoms. The fourth-order valence-corrected chi connectivity index (χ4v) is 2.56. The Morgan fingerprint density at radius 3 is 2.64 bits per heavy atom. The van der Waals surface area contributed by atoms with Crippen molar-refractivity contribution < 1.29 is 22.7 Å². The van der Waals surface area contributed by atoms with Gasteiger partial charge in [0.25, 0.3) is 0 Å². The van der Waals surface area contributed by atoms with E-state index in [-0.39, 0.29) is 24.6 Å². The second-order valence-electron chi connectivity index (χ2n) is 5.64. The highest BCUT2D eigenvalue weighted by atomic mass is 19.4. The van der Waals surface area contributed by atoms with Gasteiger partial charge in [0.2, 0.25) is 0 Å². The van der Waals surface area contributed by atoms with E-state index in [9.17, 15) is 18.0 Å². The summed E-state index contributed by atoms with van der Waals surface area (Å²) in [6.45, 7) is 7.60. The zero-order valence-corrected chi connectivity index (χ0v) is 12.4. The van der Waals surface area contributed by atoms with Crippen LogP contribution in [0.4, 0.5) is 18.0 Å². The maximum atomic E-state index is 12.7. The van der Waals surface area contributed by atoms with Gasteiger partial charge in [-0.15, -0.1) is 6.58 Å². The number of hydrogen-bond acceptors (Lipinski definition) is 2. The maximum Gasteiger partial charge on any atom is 0.416 e. The van der Waals surface area contributed by atoms with Gasteiger partial charge in [-0.3, -0.25) is 4.90 Å². The Morgan fingerprint density at radius 2 is 2.09 bits per heavy atom. The second kappa shape index (κ2) is 6.02. The smallest absolute Gasteiger partial charge is 0.416 e. The van der Waals surface area contributed by atoms with Crippen LogP contribution in [-0.2, 0) is 17.5 Å². The van der Waals surface area contributed by atoms with Crippen molar-refractivity contribution in [3.8, 4) is 0 Å². The summed E-state index contributed by atoms with van der Waals surface area (Å²) in [6, 6.07) is 4.61. The number of ether oxygens (including phenoxy) is 1. The Kier molecular flexibility index (Phi) is 4.49. The molecule has 1 amide bonds. The van der Waals surface area contributed by atoms with Crippen molar-refractivity contribution >= 4 is 6.09 Å². The summed E-state index contributed by atoms with van der Waals surface area (Å²) >= 11 is 0. The Labute approximate surface area is 127 Å². The van der Waals surface area contributed by atoms with Crippen molar-refractivity contribution in [1.29, 1.82) is 0 Å². The molecule has 0 spiro atoms. The van der Waals surface area contributed by atoms with E-state index in [1.807, 2.05) is 13.8 Å². The molecule has 1 heterocycles. The van der Waals surface area contributed by atoms with Crippen LogP contribution < -0.4 is 0 Å². The first-order chi connectivity index (χ1) is 10.2. The lowest BCUT2D eigenvalue weighted by molar-refractivity contribution is -0.137. The monoisotopic (exact) mass is 313 g/mol. The number of hydrogen-bond donors (Lipinski definition) is 0. The standard InChI is InChI=1S/C16H18F3NO2/c1-4-13-14(10(2)3)22-15(21)20(13)9-11-6-5-7-12(8-11)16(17,18)19/h4-8,10,13-14H,1,9H2,2-3H3/t13?,14-/m1/s1. The Balaban J connectivity index is 2.23. The molecular weight excluding hydrogens is 295 g/mol. The number of nitrogens with zero attached hydrogens (tertiary/aromatic N) is 1. The zero-order valence-electron chi connectivity index (χ0n) is 12.4. The molecule has 1 unspecified atom stereocenters. The molecule has 2 atom stereocenters. The summed E-state index contributed by atoms with van der Waals surface area (Å²) in [7, 11) is 0. The van der Waals surface area contributed by atoms with Gasteiger partial charge in [-0.25, -0.2) is 4.79 Å². The average molecular weight is 313 g/mol. The Morgan fingerprint density at radius 1 is 1.41 bits per heavy atom. The van der Waals surface area contributed by atoms with Crippen molar-refractivity contribution in [2.24, 2.45) is 5.92 Å². The number of alkyl halides is 3. The van der Waals surface area contributed by atoms with Gasteiger partial charge in [-0.1, -0.05) is 32.1 Å². The number of halogens is 3. The van der Waals surface area contributed by atoms with Crippen molar-refractivity contribution in [3.05, 3.63) is 48.0 Å². The average Bonchev–Trinajstić information content (AvgIpc) is 2.75. The van der Waals surface area contributed by atoms with Crippen LogP contribution in [0, 0.1) is 5.92 Å². The lowest BCUT2D eigenvalue weighted by Gasteiger charge is -2.23. The number of cyclic esters (lactones) is 1. The third-order valence-corrected chi connectivity index (χ3v) is 3.67. The number of rotatable bonds is 4. The van der Waals surface area contributed by atoms with E-state index >= 15 is 0 Å². The van der Waals surface area contributed by atoms with Crippen molar-refractivity contribution in [3.63, 3.8) is 0 Å². The summed E-state index contributed by atoms with van der Waals surface area (Å²) in [4.78, 5) is 13.4. The molecule has 1 aromatic carbocycles. The second-order valence-corrected chi connectivity index (χ2v) is 5.64. The van der Waals surface area contributed by atoms with E-state index in [1.165, 1.54) is 11.0 Å². The molecular formula is C16H18F3NO2. The number of benzene rings is 1. The van der Waals surface area contributed by atoms with Crippen molar-refractivity contribution in [1.82, 2.24) is 4.90 Å². The number of amides is 1. The van der Waals surface area contributed by atoms with Crippen LogP contribution in [0.2, 0.25) is 0 Å². The molecule has 1 aliphatic rings. The van der Waals surface area contributed by atoms with Crippen LogP contribution in [0.3, 0.4) is 0 Å². The highest BCUT2D eigenvalue weighted by Gasteiger charge is 2.41. The van der Waals surface area contributed by atoms with E-state index in [1.54, 1.807) is 12.1 Å². The third kappa shape index (κ3) is 3.26. The zero-order chi connectivity index (χ0) is 16.5. The molecule has 1 aromatic rings. The fourth-order valence-electron chi connectivity index (χ4n) is 2.56. The normalized spacial score (nSPS) is 22.1. The highest BCUT2D eigenvalue weighted by molar-refractivity contribution is 5.71. The first kappa shape index (κ1) is 16.4. The molecule has 1 fully saturated rings. The van der Waals surface area contributed by atoms with Gasteiger partial charge in [0.15, 0.2) is 0 Å². The van der Waals surface area contributed by atoms with Crippen molar-refractivity contribution in [2.75, 3.05) is 0 Å². The molecule has 120 valence electrons.